The lowest BCUT2D eigenvalue weighted by Gasteiger charge is -2.21. The number of aliphatic hydroxyl groups excluding tert-OH is 1. The number of carbonyl (C=O) groups is 4. The number of aliphatic hydroxyl groups is 1. The Morgan fingerprint density at radius 3 is 0.727 bits per heavy atom. The molecule has 0 amide bonds. The van der Waals surface area contributed by atoms with E-state index in [-0.39, 0.29) is 25.7 Å². The fourth-order valence-electron chi connectivity index (χ4n) is 9.86. The van der Waals surface area contributed by atoms with Crippen molar-refractivity contribution in [3.8, 4) is 0 Å². The van der Waals surface area contributed by atoms with Gasteiger partial charge in [0.25, 0.3) is 0 Å². The average Bonchev–Trinajstić information content (AvgIpc) is 0.904. The molecule has 110 heavy (non-hydrogen) atoms. The zero-order valence-corrected chi connectivity index (χ0v) is 69.4. The summed E-state index contributed by atoms with van der Waals surface area (Å²) in [6.07, 6.45) is 102. The third kappa shape index (κ3) is 79.5. The first-order valence-corrected chi connectivity index (χ1v) is 44.0. The second-order valence-corrected chi connectivity index (χ2v) is 29.1. The zero-order valence-electron chi connectivity index (χ0n) is 67.6. The molecule has 0 spiro atoms. The molecule has 0 fully saturated rings. The van der Waals surface area contributed by atoms with Gasteiger partial charge in [0, 0.05) is 25.7 Å². The predicted molar refractivity (Wildman–Crippen MR) is 454 cm³/mol. The molecule has 19 heteroatoms. The van der Waals surface area contributed by atoms with Gasteiger partial charge in [-0.2, -0.15) is 0 Å². The van der Waals surface area contributed by atoms with Crippen LogP contribution in [0.5, 0.6) is 0 Å². The lowest BCUT2D eigenvalue weighted by Crippen LogP contribution is -2.30. The van der Waals surface area contributed by atoms with E-state index >= 15 is 0 Å². The van der Waals surface area contributed by atoms with Crippen LogP contribution in [-0.2, 0) is 65.4 Å². The van der Waals surface area contributed by atoms with Crippen LogP contribution in [0.2, 0.25) is 0 Å². The Labute approximate surface area is 664 Å². The lowest BCUT2D eigenvalue weighted by atomic mass is 10.1. The van der Waals surface area contributed by atoms with Crippen LogP contribution in [0, 0.1) is 0 Å². The Morgan fingerprint density at radius 2 is 0.455 bits per heavy atom. The molecule has 0 saturated heterocycles. The molecule has 0 aliphatic carbocycles. The third-order valence-corrected chi connectivity index (χ3v) is 17.8. The van der Waals surface area contributed by atoms with Crippen LogP contribution in [0.15, 0.2) is 219 Å². The van der Waals surface area contributed by atoms with E-state index in [1.54, 1.807) is 0 Å². The van der Waals surface area contributed by atoms with E-state index in [0.29, 0.717) is 38.5 Å². The lowest BCUT2D eigenvalue weighted by molar-refractivity contribution is -0.161. The summed E-state index contributed by atoms with van der Waals surface area (Å²) in [4.78, 5) is 73.2. The maximum Gasteiger partial charge on any atom is 0.472 e. The number of hydrogen-bond donors (Lipinski definition) is 3. The van der Waals surface area contributed by atoms with Gasteiger partial charge in [-0.3, -0.25) is 37.3 Å². The summed E-state index contributed by atoms with van der Waals surface area (Å²) in [7, 11) is -10.0. The Kier molecular flexibility index (Phi) is 75.6. The molecular weight excluding hydrogens is 1430 g/mol. The SMILES string of the molecule is CC/C=C\C/C=C\C/C=C\C/C=C\C/C=C\CCCC(=O)OCC(COP(=O)(O)OCC(O)COP(=O)(O)OCC(COC(=O)CCCCCCCC/C=C\C/C=C\C/C=C\C/C=C\CC)OC(=O)CCC/C=C\C/C=C\C/C=C\C/C=C\C/C=C\CC)OC(=O)CCCCCC/C=C\C/C=C\C/C=C\C/C=C\CC. The highest BCUT2D eigenvalue weighted by Crippen LogP contribution is 2.45. The zero-order chi connectivity index (χ0) is 80.3. The van der Waals surface area contributed by atoms with E-state index in [2.05, 4.69) is 222 Å². The van der Waals surface area contributed by atoms with Gasteiger partial charge in [0.15, 0.2) is 12.2 Å². The number of rotatable bonds is 74. The molecular formula is C91H142O17P2. The molecule has 0 rings (SSSR count). The number of phosphoric acid groups is 2. The van der Waals surface area contributed by atoms with E-state index in [0.717, 1.165) is 180 Å². The Morgan fingerprint density at radius 1 is 0.255 bits per heavy atom. The summed E-state index contributed by atoms with van der Waals surface area (Å²) < 4.78 is 68.6. The molecule has 0 heterocycles. The van der Waals surface area contributed by atoms with Crippen molar-refractivity contribution in [2.45, 2.75) is 290 Å². The molecule has 0 saturated carbocycles. The van der Waals surface area contributed by atoms with Crippen molar-refractivity contribution >= 4 is 39.5 Å². The molecule has 5 unspecified atom stereocenters. The Hall–Kier alpha value is -6.62. The van der Waals surface area contributed by atoms with Gasteiger partial charge in [0.2, 0.25) is 0 Å². The second-order valence-electron chi connectivity index (χ2n) is 26.2. The summed E-state index contributed by atoms with van der Waals surface area (Å²) >= 11 is 0. The number of hydrogen-bond acceptors (Lipinski definition) is 15. The third-order valence-electron chi connectivity index (χ3n) is 15.9. The maximum absolute atomic E-state index is 13.1. The molecule has 0 aromatic heterocycles. The molecule has 0 aliphatic rings. The predicted octanol–water partition coefficient (Wildman–Crippen LogP) is 24.4. The van der Waals surface area contributed by atoms with Crippen LogP contribution in [0.1, 0.15) is 272 Å². The van der Waals surface area contributed by atoms with Crippen LogP contribution >= 0.6 is 15.6 Å². The van der Waals surface area contributed by atoms with Gasteiger partial charge >= 0.3 is 39.5 Å². The minimum atomic E-state index is -5.02. The highest BCUT2D eigenvalue weighted by molar-refractivity contribution is 7.47. The second kappa shape index (κ2) is 80.4. The normalized spacial score (nSPS) is 14.9. The van der Waals surface area contributed by atoms with Crippen LogP contribution < -0.4 is 0 Å². The minimum Gasteiger partial charge on any atom is -0.462 e. The minimum absolute atomic E-state index is 0.00179. The van der Waals surface area contributed by atoms with Gasteiger partial charge in [-0.25, -0.2) is 9.13 Å². The molecule has 618 valence electrons. The van der Waals surface area contributed by atoms with Gasteiger partial charge in [-0.05, 0) is 180 Å². The van der Waals surface area contributed by atoms with Crippen molar-refractivity contribution in [1.82, 2.24) is 0 Å². The number of carbonyl (C=O) groups excluding carboxylic acids is 4. The van der Waals surface area contributed by atoms with E-state index in [1.165, 1.54) is 0 Å². The number of allylic oxidation sites excluding steroid dienone is 36. The van der Waals surface area contributed by atoms with Crippen molar-refractivity contribution in [3.63, 3.8) is 0 Å². The van der Waals surface area contributed by atoms with Crippen molar-refractivity contribution in [2.24, 2.45) is 0 Å². The fraction of sp³-hybridized carbons (Fsp3) is 0.560. The Bertz CT molecular complexity index is 2950. The fourth-order valence-corrected chi connectivity index (χ4v) is 11.4. The van der Waals surface area contributed by atoms with E-state index in [1.807, 2.05) is 24.3 Å². The number of ether oxygens (including phenoxy) is 4. The number of phosphoric ester groups is 2. The van der Waals surface area contributed by atoms with Crippen molar-refractivity contribution < 1.29 is 80.2 Å². The van der Waals surface area contributed by atoms with Gasteiger partial charge in [-0.15, -0.1) is 0 Å². The summed E-state index contributed by atoms with van der Waals surface area (Å²) in [6.45, 7) is 4.21. The molecule has 0 bridgehead atoms. The van der Waals surface area contributed by atoms with Crippen LogP contribution in [0.25, 0.3) is 0 Å². The quantitative estimate of drug-likeness (QED) is 0.0169. The average molecular weight is 1570 g/mol. The standard InChI is InChI=1S/C91H142O17P2/c1-5-9-13-17-21-25-29-33-37-41-42-46-48-52-56-60-64-68-72-76-89(94)102-82-87(108-91(96)78-74-70-66-62-58-54-50-45-40-36-32-28-24-20-16-12-8-4)84-106-110(99,100)104-80-85(92)79-103-109(97,98)105-83-86(107-90(95)77-73-69-65-61-57-53-49-44-39-35-31-27-23-19-15-11-7-3)81-101-88(93)75-71-67-63-59-55-51-47-43-38-34-30-26-22-18-14-10-6-2/h9-16,21-28,33-40,42,46-47,49-51,53-54,59,62-63,66,85-87,92H,5-8,17-20,29-32,41,43-45,48,52,55-58,60-61,64-65,67-84H2,1-4H3,(H,97,98)(H,99,100)/b13-9-,14-10-,15-11-,16-12-,25-21-,26-22-,27-23-,28-24-,37-33-,38-34-,39-35-,40-36-,46-42-,51-47-,53-49-,54-50-,63-59-,66-62-. The number of unbranched alkanes of at least 4 members (excludes halogenated alkanes) is 12. The topological polar surface area (TPSA) is 237 Å². The molecule has 3 N–H and O–H groups in total. The summed E-state index contributed by atoms with van der Waals surface area (Å²) in [5.41, 5.74) is 0. The first kappa shape index (κ1) is 103. The van der Waals surface area contributed by atoms with Crippen LogP contribution in [-0.4, -0.2) is 96.7 Å². The van der Waals surface area contributed by atoms with Crippen molar-refractivity contribution in [2.75, 3.05) is 39.6 Å². The molecule has 0 aliphatic heterocycles. The van der Waals surface area contributed by atoms with Crippen molar-refractivity contribution in [3.05, 3.63) is 219 Å². The van der Waals surface area contributed by atoms with E-state index in [4.69, 9.17) is 37.0 Å². The highest BCUT2D eigenvalue weighted by atomic mass is 31.2. The van der Waals surface area contributed by atoms with E-state index < -0.39 is 97.5 Å². The summed E-state index contributed by atoms with van der Waals surface area (Å²) in [5.74, 6) is -2.38. The van der Waals surface area contributed by atoms with Gasteiger partial charge in [-0.1, -0.05) is 285 Å². The van der Waals surface area contributed by atoms with Gasteiger partial charge < -0.3 is 33.8 Å². The monoisotopic (exact) mass is 1570 g/mol. The highest BCUT2D eigenvalue weighted by Gasteiger charge is 2.30. The Balaban J connectivity index is 5.55. The molecule has 5 atom stereocenters. The summed E-state index contributed by atoms with van der Waals surface area (Å²) in [5, 5.41) is 10.7. The molecule has 0 aromatic carbocycles. The maximum atomic E-state index is 13.1. The van der Waals surface area contributed by atoms with Crippen LogP contribution in [0.4, 0.5) is 0 Å². The molecule has 0 radical (unpaired) electrons. The summed E-state index contributed by atoms with van der Waals surface area (Å²) in [6, 6.07) is 0. The van der Waals surface area contributed by atoms with E-state index in [9.17, 15) is 43.2 Å². The number of esters is 4. The van der Waals surface area contributed by atoms with Gasteiger partial charge in [0.1, 0.15) is 19.3 Å². The largest absolute Gasteiger partial charge is 0.472 e. The molecule has 0 aromatic rings. The van der Waals surface area contributed by atoms with Crippen molar-refractivity contribution in [1.29, 1.82) is 0 Å². The first-order chi connectivity index (χ1) is 53.7. The first-order valence-electron chi connectivity index (χ1n) is 41.0. The van der Waals surface area contributed by atoms with Crippen LogP contribution in [0.3, 0.4) is 0 Å². The smallest absolute Gasteiger partial charge is 0.462 e. The van der Waals surface area contributed by atoms with Gasteiger partial charge in [0.05, 0.1) is 26.4 Å². The molecule has 17 nitrogen and oxygen atoms in total.